The maximum atomic E-state index is 13.2. The molecular weight excluding hydrogens is 426 g/mol. The van der Waals surface area contributed by atoms with Gasteiger partial charge in [-0.15, -0.1) is 11.3 Å². The molecule has 32 heavy (non-hydrogen) atoms. The highest BCUT2D eigenvalue weighted by Crippen LogP contribution is 2.35. The van der Waals surface area contributed by atoms with E-state index < -0.39 is 11.8 Å². The maximum absolute atomic E-state index is 13.2. The Bertz CT molecular complexity index is 1160. The van der Waals surface area contributed by atoms with Crippen molar-refractivity contribution >= 4 is 44.9 Å². The van der Waals surface area contributed by atoms with E-state index in [1.54, 1.807) is 36.3 Å². The number of aromatic nitrogens is 2. The van der Waals surface area contributed by atoms with E-state index in [2.05, 4.69) is 22.2 Å². The normalized spacial score (nSPS) is 18.7. The molecule has 2 amide bonds. The molecule has 2 unspecified atom stereocenters. The second-order valence-electron chi connectivity index (χ2n) is 8.30. The Labute approximate surface area is 190 Å². The number of anilines is 2. The highest BCUT2D eigenvalue weighted by molar-refractivity contribution is 7.18. The van der Waals surface area contributed by atoms with Crippen molar-refractivity contribution in [2.75, 3.05) is 24.7 Å². The largest absolute Gasteiger partial charge is 0.383 e. The summed E-state index contributed by atoms with van der Waals surface area (Å²) in [5.41, 5.74) is 8.81. The van der Waals surface area contributed by atoms with Gasteiger partial charge in [0.05, 0.1) is 34.7 Å². The number of carbonyl (C=O) groups excluding carboxylic acids is 2. The molecule has 1 saturated heterocycles. The third-order valence-corrected chi connectivity index (χ3v) is 6.77. The van der Waals surface area contributed by atoms with E-state index in [1.807, 2.05) is 18.2 Å². The molecule has 168 valence electrons. The summed E-state index contributed by atoms with van der Waals surface area (Å²) in [4.78, 5) is 36.3. The van der Waals surface area contributed by atoms with Crippen molar-refractivity contribution in [3.8, 4) is 0 Å². The van der Waals surface area contributed by atoms with Crippen molar-refractivity contribution < 1.29 is 14.3 Å². The number of nitrogens with two attached hydrogens (primary N) is 1. The number of nitrogen functional groups attached to an aromatic ring is 1. The summed E-state index contributed by atoms with van der Waals surface area (Å²) >= 11 is 1.60. The van der Waals surface area contributed by atoms with Crippen molar-refractivity contribution in [1.82, 2.24) is 14.9 Å². The lowest BCUT2D eigenvalue weighted by atomic mass is 9.89. The summed E-state index contributed by atoms with van der Waals surface area (Å²) in [6.45, 7) is 4.90. The number of likely N-dealkylation sites (tertiary alicyclic amines) is 1. The molecule has 1 aromatic carbocycles. The van der Waals surface area contributed by atoms with Gasteiger partial charge in [-0.25, -0.2) is 9.97 Å². The minimum atomic E-state index is -0.674. The van der Waals surface area contributed by atoms with Gasteiger partial charge in [-0.05, 0) is 55.0 Å². The molecule has 0 radical (unpaired) electrons. The van der Waals surface area contributed by atoms with Crippen molar-refractivity contribution in [3.63, 3.8) is 0 Å². The third kappa shape index (κ3) is 4.58. The number of hydrogen-bond donors (Lipinski definition) is 2. The van der Waals surface area contributed by atoms with E-state index in [0.717, 1.165) is 39.2 Å². The van der Waals surface area contributed by atoms with Crippen LogP contribution >= 0.6 is 11.3 Å². The van der Waals surface area contributed by atoms with Crippen LogP contribution in [0.3, 0.4) is 0 Å². The Morgan fingerprint density at radius 3 is 2.88 bits per heavy atom. The smallest absolute Gasteiger partial charge is 0.313 e. The summed E-state index contributed by atoms with van der Waals surface area (Å²) in [5, 5.41) is 3.58. The minimum absolute atomic E-state index is 0.173. The van der Waals surface area contributed by atoms with Gasteiger partial charge in [0.15, 0.2) is 0 Å². The van der Waals surface area contributed by atoms with Gasteiger partial charge in [0.25, 0.3) is 0 Å². The molecule has 3 aromatic rings. The number of methoxy groups -OCH3 is 1. The van der Waals surface area contributed by atoms with E-state index in [9.17, 15) is 9.59 Å². The van der Waals surface area contributed by atoms with E-state index in [1.165, 1.54) is 6.20 Å². The van der Waals surface area contributed by atoms with Crippen molar-refractivity contribution in [1.29, 1.82) is 0 Å². The molecule has 1 aliphatic rings. The Kier molecular flexibility index (Phi) is 6.38. The molecule has 0 spiro atoms. The van der Waals surface area contributed by atoms with Gasteiger partial charge in [0, 0.05) is 13.7 Å². The van der Waals surface area contributed by atoms with Crippen LogP contribution in [0.1, 0.15) is 41.9 Å². The molecule has 0 saturated carbocycles. The van der Waals surface area contributed by atoms with Crippen LogP contribution in [0.4, 0.5) is 11.5 Å². The first-order valence-corrected chi connectivity index (χ1v) is 11.4. The van der Waals surface area contributed by atoms with Crippen LogP contribution in [-0.2, 0) is 20.9 Å². The molecule has 9 heteroatoms. The van der Waals surface area contributed by atoms with Gasteiger partial charge in [-0.1, -0.05) is 13.0 Å². The van der Waals surface area contributed by atoms with Crippen LogP contribution in [0.15, 0.2) is 30.5 Å². The highest BCUT2D eigenvalue weighted by Gasteiger charge is 2.34. The number of rotatable bonds is 4. The standard InChI is InChI=1S/C23H27N5O3S/c1-13-4-6-18(15-5-7-19-17(9-15)27-20(32-19)12-31-3)28(11-13)23(30)22(29)26-16-8-14(2)21(24)25-10-16/h5,7-10,13,18H,4,6,11-12H2,1-3H3,(H2,24,25)(H,26,29). The number of thiazole rings is 1. The monoisotopic (exact) mass is 453 g/mol. The Hall–Kier alpha value is -3.04. The van der Waals surface area contributed by atoms with Crippen molar-refractivity contribution in [2.24, 2.45) is 5.92 Å². The number of nitrogens with one attached hydrogen (secondary N) is 1. The van der Waals surface area contributed by atoms with Gasteiger partial charge in [-0.2, -0.15) is 0 Å². The first-order valence-electron chi connectivity index (χ1n) is 10.6. The number of carbonyl (C=O) groups is 2. The van der Waals surface area contributed by atoms with Crippen LogP contribution in [-0.4, -0.2) is 40.3 Å². The van der Waals surface area contributed by atoms with Gasteiger partial charge in [-0.3, -0.25) is 9.59 Å². The summed E-state index contributed by atoms with van der Waals surface area (Å²) in [6, 6.07) is 7.62. The highest BCUT2D eigenvalue weighted by atomic mass is 32.1. The minimum Gasteiger partial charge on any atom is -0.383 e. The van der Waals surface area contributed by atoms with Gasteiger partial charge in [0.2, 0.25) is 0 Å². The van der Waals surface area contributed by atoms with Crippen LogP contribution in [0.25, 0.3) is 10.2 Å². The molecule has 3 N–H and O–H groups in total. The predicted octanol–water partition coefficient (Wildman–Crippen LogP) is 3.67. The fraction of sp³-hybridized carbons (Fsp3) is 0.391. The Morgan fingerprint density at radius 1 is 1.31 bits per heavy atom. The first kappa shape index (κ1) is 22.2. The lowest BCUT2D eigenvalue weighted by Gasteiger charge is -2.38. The molecule has 0 bridgehead atoms. The third-order valence-electron chi connectivity index (χ3n) is 5.76. The van der Waals surface area contributed by atoms with Crippen molar-refractivity contribution in [2.45, 2.75) is 39.3 Å². The number of pyridine rings is 1. The van der Waals surface area contributed by atoms with E-state index in [0.29, 0.717) is 30.6 Å². The second kappa shape index (κ2) is 9.22. The number of fused-ring (bicyclic) bond motifs is 1. The summed E-state index contributed by atoms with van der Waals surface area (Å²) in [7, 11) is 1.65. The second-order valence-corrected chi connectivity index (χ2v) is 9.42. The van der Waals surface area contributed by atoms with Crippen LogP contribution in [0, 0.1) is 12.8 Å². The van der Waals surface area contributed by atoms with E-state index in [4.69, 9.17) is 10.5 Å². The van der Waals surface area contributed by atoms with E-state index >= 15 is 0 Å². The van der Waals surface area contributed by atoms with Gasteiger partial charge < -0.3 is 20.7 Å². The van der Waals surface area contributed by atoms with Crippen LogP contribution in [0.2, 0.25) is 0 Å². The zero-order chi connectivity index (χ0) is 22.8. The topological polar surface area (TPSA) is 110 Å². The fourth-order valence-electron chi connectivity index (χ4n) is 4.08. The van der Waals surface area contributed by atoms with Crippen LogP contribution in [0.5, 0.6) is 0 Å². The zero-order valence-corrected chi connectivity index (χ0v) is 19.2. The number of aryl methyl sites for hydroxylation is 1. The summed E-state index contributed by atoms with van der Waals surface area (Å²) < 4.78 is 6.27. The Balaban J connectivity index is 1.57. The van der Waals surface area contributed by atoms with Gasteiger partial charge >= 0.3 is 11.8 Å². The molecule has 1 aliphatic heterocycles. The Morgan fingerprint density at radius 2 is 2.12 bits per heavy atom. The molecule has 8 nitrogen and oxygen atoms in total. The average molecular weight is 454 g/mol. The molecule has 2 atom stereocenters. The number of amides is 2. The molecular formula is C23H27N5O3S. The number of piperidine rings is 1. The SMILES string of the molecule is COCc1nc2cc(C3CCC(C)CN3C(=O)C(=O)Nc3cnc(N)c(C)c3)ccc2s1. The van der Waals surface area contributed by atoms with Crippen molar-refractivity contribution in [3.05, 3.63) is 46.6 Å². The number of hydrogen-bond acceptors (Lipinski definition) is 7. The predicted molar refractivity (Wildman–Crippen MR) is 125 cm³/mol. The quantitative estimate of drug-likeness (QED) is 0.583. The molecule has 0 aliphatic carbocycles. The summed E-state index contributed by atoms with van der Waals surface area (Å²) in [5.74, 6) is -0.508. The molecule has 4 rings (SSSR count). The van der Waals surface area contributed by atoms with E-state index in [-0.39, 0.29) is 6.04 Å². The zero-order valence-electron chi connectivity index (χ0n) is 18.4. The van der Waals surface area contributed by atoms with Gasteiger partial charge in [0.1, 0.15) is 10.8 Å². The average Bonchev–Trinajstić information content (AvgIpc) is 3.17. The number of ether oxygens (including phenoxy) is 1. The lowest BCUT2D eigenvalue weighted by Crippen LogP contribution is -2.46. The lowest BCUT2D eigenvalue weighted by molar-refractivity contribution is -0.146. The molecule has 1 fully saturated rings. The molecule has 3 heterocycles. The number of benzene rings is 1. The first-order chi connectivity index (χ1) is 15.4. The summed E-state index contributed by atoms with van der Waals surface area (Å²) in [6.07, 6.45) is 3.24. The fourth-order valence-corrected chi connectivity index (χ4v) is 5.00. The number of nitrogens with zero attached hydrogens (tertiary/aromatic N) is 3. The maximum Gasteiger partial charge on any atom is 0.313 e. The molecule has 2 aromatic heterocycles. The van der Waals surface area contributed by atoms with Crippen LogP contribution < -0.4 is 11.1 Å².